The molecule has 4 amide bonds. The molecule has 4 aliphatic heterocycles. The number of nitrogens with zero attached hydrogens (tertiary/aromatic N) is 6. The number of benzene rings is 3. The summed E-state index contributed by atoms with van der Waals surface area (Å²) in [5, 5.41) is 9.37. The number of unbranched alkanes of at least 4 members (excludes halogenated alkanes) is 3. The predicted molar refractivity (Wildman–Crippen MR) is 264 cm³/mol. The maximum absolute atomic E-state index is 13.2. The number of fused-ring (bicyclic) bond motifs is 1. The Hall–Kier alpha value is -5.23. The van der Waals surface area contributed by atoms with Crippen molar-refractivity contribution >= 4 is 88.7 Å². The van der Waals surface area contributed by atoms with Crippen LogP contribution in [0.1, 0.15) is 73.7 Å². The summed E-state index contributed by atoms with van der Waals surface area (Å²) >= 11 is 8.26. The minimum absolute atomic E-state index is 0.152. The molecule has 1 aromatic heterocycles. The number of methoxy groups -OCH3 is 1. The van der Waals surface area contributed by atoms with E-state index < -0.39 is 19.5 Å². The van der Waals surface area contributed by atoms with E-state index in [1.165, 1.54) is 20.4 Å². The smallest absolute Gasteiger partial charge is 0.362 e. The highest BCUT2D eigenvalue weighted by atomic mass is 35.5. The Labute approximate surface area is 406 Å². The van der Waals surface area contributed by atoms with Crippen LogP contribution in [-0.2, 0) is 34.5 Å². The van der Waals surface area contributed by atoms with E-state index in [-0.39, 0.29) is 35.1 Å². The van der Waals surface area contributed by atoms with Gasteiger partial charge in [-0.2, -0.15) is 4.98 Å². The van der Waals surface area contributed by atoms with Gasteiger partial charge in [0.25, 0.3) is 5.91 Å². The third-order valence-electron chi connectivity index (χ3n) is 13.2. The number of carbonyl (C=O) groups excluding carboxylic acids is 4. The lowest BCUT2D eigenvalue weighted by Gasteiger charge is -2.43. The molecule has 3 fully saturated rings. The number of amides is 4. The number of piperidine rings is 2. The van der Waals surface area contributed by atoms with Crippen LogP contribution in [0.5, 0.6) is 5.75 Å². The molecule has 17 nitrogen and oxygen atoms in total. The molecule has 3 N–H and O–H groups in total. The Morgan fingerprint density at radius 3 is 2.40 bits per heavy atom. The first-order valence-corrected chi connectivity index (χ1v) is 26.1. The van der Waals surface area contributed by atoms with Crippen molar-refractivity contribution in [3.05, 3.63) is 83.0 Å². The first-order chi connectivity index (χ1) is 33.0. The van der Waals surface area contributed by atoms with E-state index in [0.29, 0.717) is 59.2 Å². The molecule has 0 spiro atoms. The van der Waals surface area contributed by atoms with E-state index in [4.69, 9.17) is 25.4 Å². The Kier molecular flexibility index (Phi) is 16.3. The lowest BCUT2D eigenvalue weighted by Crippen LogP contribution is -2.54. The maximum atomic E-state index is 13.2. The zero-order valence-corrected chi connectivity index (χ0v) is 41.2. The predicted octanol–water partition coefficient (Wildman–Crippen LogP) is 7.35. The number of hydrogen-bond donors (Lipinski definition) is 3. The normalized spacial score (nSPS) is 18.1. The molecule has 3 aromatic carbocycles. The summed E-state index contributed by atoms with van der Waals surface area (Å²) < 4.78 is 29.5. The number of rotatable bonds is 19. The number of carbonyl (C=O) groups is 4. The van der Waals surface area contributed by atoms with Crippen LogP contribution < -0.4 is 30.9 Å². The zero-order valence-electron chi connectivity index (χ0n) is 38.7. The topological polar surface area (TPSA) is 188 Å². The monoisotopic (exact) mass is 987 g/mol. The number of hydrogen-bond acceptors (Lipinski definition) is 15. The van der Waals surface area contributed by atoms with Crippen molar-refractivity contribution in [1.29, 1.82) is 0 Å². The highest BCUT2D eigenvalue weighted by molar-refractivity contribution is 7.99. The van der Waals surface area contributed by atoms with Gasteiger partial charge in [0, 0.05) is 101 Å². The van der Waals surface area contributed by atoms with Crippen LogP contribution in [0.3, 0.4) is 0 Å². The van der Waals surface area contributed by atoms with Crippen molar-refractivity contribution in [3.8, 4) is 5.75 Å². The molecule has 8 rings (SSSR count). The van der Waals surface area contributed by atoms with E-state index in [1.54, 1.807) is 48.0 Å². The largest absolute Gasteiger partial charge is 0.494 e. The molecule has 3 saturated heterocycles. The molecule has 4 aliphatic rings. The van der Waals surface area contributed by atoms with Crippen LogP contribution >= 0.6 is 31.0 Å². The number of aromatic nitrogens is 2. The average molecular weight is 989 g/mol. The highest BCUT2D eigenvalue weighted by Gasteiger charge is 2.39. The van der Waals surface area contributed by atoms with Crippen molar-refractivity contribution in [2.45, 2.75) is 81.3 Å². The number of para-hydroxylation sites is 1. The summed E-state index contributed by atoms with van der Waals surface area (Å²) in [4.78, 5) is 68.7. The fourth-order valence-electron chi connectivity index (χ4n) is 9.38. The van der Waals surface area contributed by atoms with E-state index in [2.05, 4.69) is 47.9 Å². The summed E-state index contributed by atoms with van der Waals surface area (Å²) in [6, 6.07) is 18.7. The van der Waals surface area contributed by atoms with Crippen LogP contribution in [-0.4, -0.2) is 127 Å². The SMILES string of the molecule is COc1cc(N2CCC(N3CCN(C(=O)CCCCCCSc4ccc5c(c4)CN(C4CCC(=O)NC4=O)C5=O)CC3)CC2)ccc1Nc1ncc(Cl)c(Nc2ccccc2P(=O)(OC)OC)n1. The van der Waals surface area contributed by atoms with Crippen LogP contribution in [0.15, 0.2) is 71.8 Å². The third-order valence-corrected chi connectivity index (χ3v) is 16.5. The van der Waals surface area contributed by atoms with E-state index in [9.17, 15) is 23.7 Å². The summed E-state index contributed by atoms with van der Waals surface area (Å²) in [6.45, 7) is 5.53. The van der Waals surface area contributed by atoms with Gasteiger partial charge in [-0.15, -0.1) is 11.8 Å². The van der Waals surface area contributed by atoms with E-state index in [1.807, 2.05) is 29.2 Å². The summed E-state index contributed by atoms with van der Waals surface area (Å²) in [5.41, 5.74) is 3.77. The molecule has 4 aromatic rings. The van der Waals surface area contributed by atoms with Gasteiger partial charge in [0.05, 0.1) is 30.0 Å². The van der Waals surface area contributed by atoms with Gasteiger partial charge in [-0.1, -0.05) is 36.6 Å². The lowest BCUT2D eigenvalue weighted by atomic mass is 10.0. The number of anilines is 5. The number of halogens is 1. The molecule has 0 aliphatic carbocycles. The van der Waals surface area contributed by atoms with Gasteiger partial charge in [0.1, 0.15) is 16.8 Å². The second-order valence-corrected chi connectivity index (χ2v) is 21.1. The molecule has 0 radical (unpaired) electrons. The molecule has 0 bridgehead atoms. The van der Waals surface area contributed by atoms with Gasteiger partial charge in [-0.05, 0) is 85.9 Å². The molecular weight excluding hydrogens is 929 g/mol. The Morgan fingerprint density at radius 1 is 0.882 bits per heavy atom. The van der Waals surface area contributed by atoms with Crippen LogP contribution in [0.25, 0.3) is 0 Å². The first kappa shape index (κ1) is 49.2. The van der Waals surface area contributed by atoms with Crippen molar-refractivity contribution in [2.75, 3.05) is 81.9 Å². The van der Waals surface area contributed by atoms with Crippen LogP contribution in [0.4, 0.5) is 28.8 Å². The van der Waals surface area contributed by atoms with Gasteiger partial charge in [0.15, 0.2) is 5.82 Å². The molecule has 5 heterocycles. The van der Waals surface area contributed by atoms with Gasteiger partial charge in [-0.3, -0.25) is 34.0 Å². The summed E-state index contributed by atoms with van der Waals surface area (Å²) in [6.07, 6.45) is 8.73. The van der Waals surface area contributed by atoms with Crippen LogP contribution in [0, 0.1) is 0 Å². The lowest BCUT2D eigenvalue weighted by molar-refractivity contribution is -0.137. The Morgan fingerprint density at radius 2 is 1.65 bits per heavy atom. The number of nitrogens with one attached hydrogen (secondary N) is 3. The van der Waals surface area contributed by atoms with E-state index in [0.717, 1.165) is 99.7 Å². The van der Waals surface area contributed by atoms with E-state index >= 15 is 0 Å². The summed E-state index contributed by atoms with van der Waals surface area (Å²) in [5.74, 6) is 1.59. The van der Waals surface area contributed by atoms with Gasteiger partial charge in [-0.25, -0.2) is 4.98 Å². The number of piperazine rings is 1. The fraction of sp³-hybridized carbons (Fsp3) is 0.458. The Bertz CT molecular complexity index is 2530. The minimum atomic E-state index is -3.57. The maximum Gasteiger partial charge on any atom is 0.362 e. The quantitative estimate of drug-likeness (QED) is 0.0366. The molecule has 1 unspecified atom stereocenters. The zero-order chi connectivity index (χ0) is 47.8. The van der Waals surface area contributed by atoms with Crippen molar-refractivity contribution in [2.24, 2.45) is 0 Å². The standard InChI is InChI=1S/C48H59ClN9O8PS/c1-64-41-29-34(13-16-38(41)52-48-50-30-37(49)45(54-48)51-39-10-7-8-11-42(39)67(63,65-2)66-3)55-21-19-33(20-22-55)56-23-25-57(26-24-56)44(60)12-6-4-5-9-27-68-35-14-15-36-32(28-35)31-58(47(36)62)40-17-18-43(59)53-46(40)61/h7-8,10-11,13-16,28-30,33,40H,4-6,9,12,17-27,31H2,1-3H3,(H,53,59,61)(H2,50,51,52,54). The second kappa shape index (κ2) is 22.5. The fourth-order valence-corrected chi connectivity index (χ4v) is 11.7. The van der Waals surface area contributed by atoms with Gasteiger partial charge >= 0.3 is 7.60 Å². The number of ether oxygens (including phenoxy) is 1. The number of imide groups is 1. The van der Waals surface area contributed by atoms with Gasteiger partial charge in [0.2, 0.25) is 23.7 Å². The second-order valence-electron chi connectivity index (χ2n) is 17.3. The molecule has 1 atom stereocenters. The first-order valence-electron chi connectivity index (χ1n) is 23.2. The molecule has 0 saturated carbocycles. The molecule has 20 heteroatoms. The average Bonchev–Trinajstić information content (AvgIpc) is 3.69. The van der Waals surface area contributed by atoms with Crippen molar-refractivity contribution < 1.29 is 37.5 Å². The molecule has 68 heavy (non-hydrogen) atoms. The summed E-state index contributed by atoms with van der Waals surface area (Å²) in [7, 11) is 0.727. The van der Waals surface area contributed by atoms with Crippen molar-refractivity contribution in [3.63, 3.8) is 0 Å². The van der Waals surface area contributed by atoms with Crippen molar-refractivity contribution in [1.82, 2.24) is 30.0 Å². The Balaban J connectivity index is 0.727. The highest BCUT2D eigenvalue weighted by Crippen LogP contribution is 2.47. The minimum Gasteiger partial charge on any atom is -0.494 e. The van der Waals surface area contributed by atoms with Crippen LogP contribution in [0.2, 0.25) is 5.02 Å². The third kappa shape index (κ3) is 11.4. The molecule has 362 valence electrons. The van der Waals surface area contributed by atoms with Gasteiger partial charge < -0.3 is 39.1 Å². The number of thioether (sulfide) groups is 1. The molecular formula is C48H59ClN9O8PS.